The van der Waals surface area contributed by atoms with E-state index in [4.69, 9.17) is 10.5 Å². The smallest absolute Gasteiger partial charge is 0.162 e. The first-order chi connectivity index (χ1) is 7.79. The molecule has 1 rings (SSSR count). The lowest BCUT2D eigenvalue weighted by Crippen LogP contribution is -2.33. The van der Waals surface area contributed by atoms with Crippen LogP contribution in [0.1, 0.15) is 26.3 Å². The average molecular weight is 243 g/mol. The topological polar surface area (TPSA) is 35.2 Å². The predicted molar refractivity (Wildman–Crippen MR) is 63.7 cm³/mol. The van der Waals surface area contributed by atoms with E-state index in [1.165, 1.54) is 12.1 Å². The molecule has 1 aromatic rings. The van der Waals surface area contributed by atoms with Gasteiger partial charge in [0, 0.05) is 6.04 Å². The molecule has 0 spiro atoms. The fourth-order valence-corrected chi connectivity index (χ4v) is 1.40. The summed E-state index contributed by atoms with van der Waals surface area (Å²) in [4.78, 5) is 0. The van der Waals surface area contributed by atoms with E-state index in [1.807, 2.05) is 20.8 Å². The second-order valence-electron chi connectivity index (χ2n) is 5.10. The summed E-state index contributed by atoms with van der Waals surface area (Å²) in [6.07, 6.45) is 0.264. The number of rotatable bonds is 4. The van der Waals surface area contributed by atoms with Crippen LogP contribution >= 0.6 is 0 Å². The van der Waals surface area contributed by atoms with Crippen molar-refractivity contribution in [2.45, 2.75) is 38.8 Å². The highest BCUT2D eigenvalue weighted by atomic mass is 19.2. The maximum absolute atomic E-state index is 13.4. The Hall–Kier alpha value is -1.00. The first-order valence-corrected chi connectivity index (χ1v) is 5.62. The molecular weight excluding hydrogens is 224 g/mol. The monoisotopic (exact) mass is 243 g/mol. The van der Waals surface area contributed by atoms with Crippen molar-refractivity contribution in [2.24, 2.45) is 5.73 Å². The van der Waals surface area contributed by atoms with Crippen molar-refractivity contribution < 1.29 is 13.5 Å². The van der Waals surface area contributed by atoms with Crippen LogP contribution in [0.2, 0.25) is 0 Å². The molecule has 1 aromatic carbocycles. The third kappa shape index (κ3) is 4.79. The maximum Gasteiger partial charge on any atom is 0.162 e. The zero-order valence-corrected chi connectivity index (χ0v) is 10.5. The molecule has 0 radical (unpaired) electrons. The lowest BCUT2D eigenvalue weighted by atomic mass is 10.1. The van der Waals surface area contributed by atoms with Crippen LogP contribution in [-0.4, -0.2) is 18.2 Å². The molecule has 0 aliphatic heterocycles. The van der Waals surface area contributed by atoms with Crippen LogP contribution < -0.4 is 5.73 Å². The van der Waals surface area contributed by atoms with Gasteiger partial charge in [0.2, 0.25) is 0 Å². The Morgan fingerprint density at radius 2 is 1.94 bits per heavy atom. The van der Waals surface area contributed by atoms with Crippen LogP contribution in [0.3, 0.4) is 0 Å². The van der Waals surface area contributed by atoms with E-state index < -0.39 is 11.6 Å². The third-order valence-electron chi connectivity index (χ3n) is 2.24. The van der Waals surface area contributed by atoms with Crippen molar-refractivity contribution in [1.82, 2.24) is 0 Å². The van der Waals surface area contributed by atoms with Crippen LogP contribution in [0.25, 0.3) is 0 Å². The van der Waals surface area contributed by atoms with Gasteiger partial charge < -0.3 is 10.5 Å². The minimum Gasteiger partial charge on any atom is -0.374 e. The number of nitrogens with two attached hydrogens (primary N) is 1. The fraction of sp³-hybridized carbons (Fsp3) is 0.538. The fourth-order valence-electron chi connectivity index (χ4n) is 1.40. The highest BCUT2D eigenvalue weighted by Gasteiger charge is 2.15. The summed E-state index contributed by atoms with van der Waals surface area (Å²) in [6, 6.07) is 3.77. The number of hydrogen-bond donors (Lipinski definition) is 1. The van der Waals surface area contributed by atoms with Gasteiger partial charge in [0.15, 0.2) is 11.6 Å². The van der Waals surface area contributed by atoms with Gasteiger partial charge in [0.1, 0.15) is 0 Å². The minimum absolute atomic E-state index is 0.264. The molecule has 2 N–H and O–H groups in total. The molecule has 0 amide bonds. The summed E-state index contributed by atoms with van der Waals surface area (Å²) in [5, 5.41) is 0. The summed E-state index contributed by atoms with van der Waals surface area (Å²) >= 11 is 0. The van der Waals surface area contributed by atoms with Crippen molar-refractivity contribution in [2.75, 3.05) is 6.61 Å². The molecule has 0 fully saturated rings. The highest BCUT2D eigenvalue weighted by Crippen LogP contribution is 2.14. The van der Waals surface area contributed by atoms with Crippen LogP contribution in [0.4, 0.5) is 8.78 Å². The molecule has 0 aliphatic carbocycles. The zero-order chi connectivity index (χ0) is 13.1. The largest absolute Gasteiger partial charge is 0.374 e. The van der Waals surface area contributed by atoms with Crippen LogP contribution in [0.5, 0.6) is 0 Å². The molecule has 2 nitrogen and oxygen atoms in total. The zero-order valence-electron chi connectivity index (χ0n) is 10.5. The Morgan fingerprint density at radius 3 is 2.53 bits per heavy atom. The molecule has 0 aromatic heterocycles. The third-order valence-corrected chi connectivity index (χ3v) is 2.24. The Morgan fingerprint density at radius 1 is 1.29 bits per heavy atom. The Labute approximate surface area is 101 Å². The van der Waals surface area contributed by atoms with Crippen molar-refractivity contribution in [1.29, 1.82) is 0 Å². The molecule has 1 atom stereocenters. The number of ether oxygens (including phenoxy) is 1. The molecule has 0 saturated carbocycles. The van der Waals surface area contributed by atoms with Gasteiger partial charge in [-0.3, -0.25) is 0 Å². The van der Waals surface area contributed by atoms with E-state index in [2.05, 4.69) is 0 Å². The molecule has 17 heavy (non-hydrogen) atoms. The first-order valence-electron chi connectivity index (χ1n) is 5.62. The molecule has 0 bridgehead atoms. The lowest BCUT2D eigenvalue weighted by molar-refractivity contribution is -0.00991. The van der Waals surface area contributed by atoms with Crippen LogP contribution in [-0.2, 0) is 11.2 Å². The van der Waals surface area contributed by atoms with E-state index in [0.717, 1.165) is 6.07 Å². The van der Waals surface area contributed by atoms with E-state index >= 15 is 0 Å². The van der Waals surface area contributed by atoms with E-state index in [-0.39, 0.29) is 23.6 Å². The van der Waals surface area contributed by atoms with Gasteiger partial charge in [-0.25, -0.2) is 8.78 Å². The summed E-state index contributed by atoms with van der Waals surface area (Å²) in [5.74, 6) is -1.66. The second-order valence-corrected chi connectivity index (χ2v) is 5.10. The molecule has 4 heteroatoms. The van der Waals surface area contributed by atoms with Crippen LogP contribution in [0.15, 0.2) is 18.2 Å². The van der Waals surface area contributed by atoms with E-state index in [1.54, 1.807) is 0 Å². The van der Waals surface area contributed by atoms with Gasteiger partial charge in [-0.05, 0) is 38.8 Å². The molecule has 0 saturated heterocycles. The van der Waals surface area contributed by atoms with Crippen molar-refractivity contribution in [3.05, 3.63) is 35.4 Å². The molecule has 0 aliphatic rings. The van der Waals surface area contributed by atoms with Crippen molar-refractivity contribution in [3.63, 3.8) is 0 Å². The molecule has 0 heterocycles. The predicted octanol–water partition coefficient (Wildman–Crippen LogP) is 2.65. The standard InChI is InChI=1S/C13H19F2NO/c1-13(2,3)17-8-10(16)7-9-5-4-6-11(14)12(9)15/h4-6,10H,7-8,16H2,1-3H3. The first kappa shape index (κ1) is 14.1. The van der Waals surface area contributed by atoms with Gasteiger partial charge >= 0.3 is 0 Å². The summed E-state index contributed by atoms with van der Waals surface area (Å²) < 4.78 is 31.8. The quantitative estimate of drug-likeness (QED) is 0.882. The number of benzene rings is 1. The van der Waals surface area contributed by atoms with Crippen LogP contribution in [0, 0.1) is 11.6 Å². The highest BCUT2D eigenvalue weighted by molar-refractivity contribution is 5.19. The number of halogens is 2. The molecule has 1 unspecified atom stereocenters. The van der Waals surface area contributed by atoms with Crippen molar-refractivity contribution >= 4 is 0 Å². The van der Waals surface area contributed by atoms with Gasteiger partial charge in [-0.15, -0.1) is 0 Å². The normalized spacial score (nSPS) is 13.8. The van der Waals surface area contributed by atoms with Gasteiger partial charge in [-0.1, -0.05) is 12.1 Å². The number of hydrogen-bond acceptors (Lipinski definition) is 2. The van der Waals surface area contributed by atoms with E-state index in [0.29, 0.717) is 6.61 Å². The minimum atomic E-state index is -0.841. The van der Waals surface area contributed by atoms with Crippen molar-refractivity contribution in [3.8, 4) is 0 Å². The lowest BCUT2D eigenvalue weighted by Gasteiger charge is -2.22. The van der Waals surface area contributed by atoms with E-state index in [9.17, 15) is 8.78 Å². The van der Waals surface area contributed by atoms with Gasteiger partial charge in [0.05, 0.1) is 12.2 Å². The Balaban J connectivity index is 2.56. The average Bonchev–Trinajstić information content (AvgIpc) is 2.21. The summed E-state index contributed by atoms with van der Waals surface area (Å²) in [6.45, 7) is 6.08. The Bertz CT molecular complexity index is 374. The molecular formula is C13H19F2NO. The summed E-state index contributed by atoms with van der Waals surface area (Å²) in [5.41, 5.74) is 5.83. The van der Waals surface area contributed by atoms with Gasteiger partial charge in [0.25, 0.3) is 0 Å². The SMILES string of the molecule is CC(C)(C)OCC(N)Cc1cccc(F)c1F. The molecule has 96 valence electrons. The summed E-state index contributed by atoms with van der Waals surface area (Å²) in [7, 11) is 0. The maximum atomic E-state index is 13.4. The second kappa shape index (κ2) is 5.56. The van der Waals surface area contributed by atoms with Gasteiger partial charge in [-0.2, -0.15) is 0 Å². The Kier molecular flexibility index (Phi) is 4.60.